The fourth-order valence-electron chi connectivity index (χ4n) is 4.49. The molecule has 2 heterocycles. The zero-order valence-electron chi connectivity index (χ0n) is 17.0. The number of hydrogen-bond acceptors (Lipinski definition) is 3. The first kappa shape index (κ1) is 19.2. The Bertz CT molecular complexity index is 606. The van der Waals surface area contributed by atoms with Crippen molar-refractivity contribution in [1.29, 1.82) is 0 Å². The molecule has 1 aliphatic carbocycles. The summed E-state index contributed by atoms with van der Waals surface area (Å²) >= 11 is 0. The van der Waals surface area contributed by atoms with Gasteiger partial charge in [0.25, 0.3) is 0 Å². The molecule has 1 aliphatic heterocycles. The van der Waals surface area contributed by atoms with Crippen LogP contribution in [0.2, 0.25) is 0 Å². The van der Waals surface area contributed by atoms with Crippen LogP contribution in [0.3, 0.4) is 0 Å². The monoisotopic (exact) mass is 360 g/mol. The molecule has 2 fully saturated rings. The van der Waals surface area contributed by atoms with Crippen molar-refractivity contribution in [3.8, 4) is 0 Å². The minimum atomic E-state index is 0.525. The summed E-state index contributed by atoms with van der Waals surface area (Å²) in [7, 11) is 3.86. The molecule has 2 aliphatic rings. The first-order valence-electron chi connectivity index (χ1n) is 10.3. The fourth-order valence-corrected chi connectivity index (χ4v) is 4.49. The van der Waals surface area contributed by atoms with E-state index in [1.165, 1.54) is 69.3 Å². The van der Waals surface area contributed by atoms with Crippen molar-refractivity contribution in [2.45, 2.75) is 77.4 Å². The molecule has 6 nitrogen and oxygen atoms in total. The van der Waals surface area contributed by atoms with Gasteiger partial charge in [0.15, 0.2) is 5.96 Å². The van der Waals surface area contributed by atoms with Crippen LogP contribution < -0.4 is 10.6 Å². The number of nitrogens with zero attached hydrogens (tertiary/aromatic N) is 4. The zero-order valence-corrected chi connectivity index (χ0v) is 17.0. The van der Waals surface area contributed by atoms with Gasteiger partial charge in [0.05, 0.1) is 5.69 Å². The van der Waals surface area contributed by atoms with Gasteiger partial charge in [0.2, 0.25) is 0 Å². The lowest BCUT2D eigenvalue weighted by Gasteiger charge is -2.39. The van der Waals surface area contributed by atoms with Crippen molar-refractivity contribution in [3.05, 3.63) is 17.0 Å². The van der Waals surface area contributed by atoms with Gasteiger partial charge >= 0.3 is 0 Å². The Labute approximate surface area is 158 Å². The summed E-state index contributed by atoms with van der Waals surface area (Å²) in [5.41, 5.74) is 3.57. The van der Waals surface area contributed by atoms with E-state index >= 15 is 0 Å². The summed E-state index contributed by atoms with van der Waals surface area (Å²) in [5, 5.41) is 11.6. The summed E-state index contributed by atoms with van der Waals surface area (Å²) in [5.74, 6) is 0.906. The number of piperidine rings is 1. The van der Waals surface area contributed by atoms with Crippen molar-refractivity contribution in [1.82, 2.24) is 25.3 Å². The first-order chi connectivity index (χ1) is 12.6. The van der Waals surface area contributed by atoms with Crippen LogP contribution in [-0.4, -0.2) is 52.9 Å². The van der Waals surface area contributed by atoms with E-state index in [4.69, 9.17) is 0 Å². The number of rotatable bonds is 4. The third-order valence-corrected chi connectivity index (χ3v) is 6.28. The molecule has 0 atom stereocenters. The standard InChI is InChI=1S/C20H36N6/c1-15-19(16(2)25(4)24-15)14-22-20(21-3)23-17-10-12-26(13-11-17)18-8-6-5-7-9-18/h17-18H,5-14H2,1-4H3,(H2,21,22,23). The number of aromatic nitrogens is 2. The Morgan fingerprint density at radius 1 is 1.12 bits per heavy atom. The molecule has 1 aromatic heterocycles. The molecule has 6 heteroatoms. The second-order valence-corrected chi connectivity index (χ2v) is 7.95. The summed E-state index contributed by atoms with van der Waals surface area (Å²) in [6, 6.07) is 1.37. The van der Waals surface area contributed by atoms with E-state index in [-0.39, 0.29) is 0 Å². The molecule has 0 amide bonds. The highest BCUT2D eigenvalue weighted by Crippen LogP contribution is 2.25. The van der Waals surface area contributed by atoms with Crippen LogP contribution in [0.5, 0.6) is 0 Å². The number of aryl methyl sites for hydroxylation is 2. The van der Waals surface area contributed by atoms with Crippen LogP contribution in [0.4, 0.5) is 0 Å². The van der Waals surface area contributed by atoms with Gasteiger partial charge in [-0.05, 0) is 39.5 Å². The maximum atomic E-state index is 4.49. The maximum absolute atomic E-state index is 4.49. The highest BCUT2D eigenvalue weighted by molar-refractivity contribution is 5.80. The largest absolute Gasteiger partial charge is 0.354 e. The molecule has 1 saturated carbocycles. The third-order valence-electron chi connectivity index (χ3n) is 6.28. The Morgan fingerprint density at radius 2 is 1.81 bits per heavy atom. The number of nitrogens with one attached hydrogen (secondary N) is 2. The van der Waals surface area contributed by atoms with Crippen LogP contribution in [0.25, 0.3) is 0 Å². The van der Waals surface area contributed by atoms with Gasteiger partial charge in [0.1, 0.15) is 0 Å². The third kappa shape index (κ3) is 4.58. The molecule has 0 radical (unpaired) electrons. The molecular formula is C20H36N6. The highest BCUT2D eigenvalue weighted by Gasteiger charge is 2.26. The van der Waals surface area contributed by atoms with Gasteiger partial charge in [-0.2, -0.15) is 5.10 Å². The molecule has 26 heavy (non-hydrogen) atoms. The van der Waals surface area contributed by atoms with E-state index < -0.39 is 0 Å². The Balaban J connectivity index is 1.45. The molecule has 1 saturated heterocycles. The van der Waals surface area contributed by atoms with Crippen LogP contribution in [-0.2, 0) is 13.6 Å². The Kier molecular flexibility index (Phi) is 6.57. The average Bonchev–Trinajstić information content (AvgIpc) is 2.91. The second-order valence-electron chi connectivity index (χ2n) is 7.95. The number of guanidine groups is 1. The minimum absolute atomic E-state index is 0.525. The Morgan fingerprint density at radius 3 is 2.38 bits per heavy atom. The first-order valence-corrected chi connectivity index (χ1v) is 10.3. The highest BCUT2D eigenvalue weighted by atomic mass is 15.3. The number of likely N-dealkylation sites (tertiary alicyclic amines) is 1. The van der Waals surface area contributed by atoms with Gasteiger partial charge < -0.3 is 15.5 Å². The molecule has 0 unspecified atom stereocenters. The summed E-state index contributed by atoms with van der Waals surface area (Å²) in [4.78, 5) is 7.16. The molecule has 0 bridgehead atoms. The molecular weight excluding hydrogens is 324 g/mol. The molecule has 3 rings (SSSR count). The lowest BCUT2D eigenvalue weighted by atomic mass is 9.92. The molecule has 146 valence electrons. The normalized spacial score (nSPS) is 21.2. The van der Waals surface area contributed by atoms with E-state index in [0.717, 1.165) is 24.2 Å². The van der Waals surface area contributed by atoms with E-state index in [1.807, 2.05) is 18.8 Å². The predicted octanol–water partition coefficient (Wildman–Crippen LogP) is 2.50. The van der Waals surface area contributed by atoms with Crippen molar-refractivity contribution in [2.75, 3.05) is 20.1 Å². The molecule has 0 aromatic carbocycles. The topological polar surface area (TPSA) is 57.5 Å². The van der Waals surface area contributed by atoms with E-state index in [0.29, 0.717) is 6.04 Å². The van der Waals surface area contributed by atoms with Crippen molar-refractivity contribution < 1.29 is 0 Å². The molecule has 1 aromatic rings. The quantitative estimate of drug-likeness (QED) is 0.640. The molecule has 0 spiro atoms. The average molecular weight is 361 g/mol. The summed E-state index contributed by atoms with van der Waals surface area (Å²) < 4.78 is 1.95. The van der Waals surface area contributed by atoms with Crippen molar-refractivity contribution in [2.24, 2.45) is 12.0 Å². The van der Waals surface area contributed by atoms with E-state index in [1.54, 1.807) is 0 Å². The van der Waals surface area contributed by atoms with Gasteiger partial charge in [-0.25, -0.2) is 0 Å². The Hall–Kier alpha value is -1.56. The lowest BCUT2D eigenvalue weighted by molar-refractivity contribution is 0.119. The SMILES string of the molecule is CN=C(NCc1c(C)nn(C)c1C)NC1CCN(C2CCCCC2)CC1. The predicted molar refractivity (Wildman–Crippen MR) is 107 cm³/mol. The van der Waals surface area contributed by atoms with Gasteiger partial charge in [-0.3, -0.25) is 9.67 Å². The molecule has 2 N–H and O–H groups in total. The fraction of sp³-hybridized carbons (Fsp3) is 0.800. The number of hydrogen-bond donors (Lipinski definition) is 2. The smallest absolute Gasteiger partial charge is 0.191 e. The maximum Gasteiger partial charge on any atom is 0.191 e. The minimum Gasteiger partial charge on any atom is -0.354 e. The van der Waals surface area contributed by atoms with Crippen LogP contribution in [0.1, 0.15) is 61.9 Å². The van der Waals surface area contributed by atoms with Crippen LogP contribution in [0.15, 0.2) is 4.99 Å². The zero-order chi connectivity index (χ0) is 18.5. The van der Waals surface area contributed by atoms with Crippen molar-refractivity contribution in [3.63, 3.8) is 0 Å². The van der Waals surface area contributed by atoms with Crippen molar-refractivity contribution >= 4 is 5.96 Å². The van der Waals surface area contributed by atoms with E-state index in [2.05, 4.69) is 39.5 Å². The van der Waals surface area contributed by atoms with E-state index in [9.17, 15) is 0 Å². The summed E-state index contributed by atoms with van der Waals surface area (Å²) in [6.45, 7) is 7.40. The van der Waals surface area contributed by atoms with Crippen LogP contribution >= 0.6 is 0 Å². The van der Waals surface area contributed by atoms with Gasteiger partial charge in [-0.1, -0.05) is 19.3 Å². The van der Waals surface area contributed by atoms with Gasteiger partial charge in [0, 0.05) is 57.1 Å². The lowest BCUT2D eigenvalue weighted by Crippen LogP contribution is -2.50. The summed E-state index contributed by atoms with van der Waals surface area (Å²) in [6.07, 6.45) is 9.52. The second kappa shape index (κ2) is 8.89. The number of aliphatic imine (C=N–C) groups is 1. The van der Waals surface area contributed by atoms with Crippen LogP contribution in [0, 0.1) is 13.8 Å². The van der Waals surface area contributed by atoms with Gasteiger partial charge in [-0.15, -0.1) is 0 Å².